The van der Waals surface area contributed by atoms with Crippen LogP contribution >= 0.6 is 0 Å². The third-order valence-corrected chi connectivity index (χ3v) is 2.71. The van der Waals surface area contributed by atoms with Crippen LogP contribution in [0.2, 0.25) is 0 Å². The smallest absolute Gasteiger partial charge is 0.0624 e. The number of rotatable bonds is 7. The van der Waals surface area contributed by atoms with Gasteiger partial charge >= 0.3 is 0 Å². The number of likely N-dealkylation sites (N-methyl/N-ethyl adjacent to an activating group) is 1. The highest BCUT2D eigenvalue weighted by atomic mass is 16.5. The van der Waals surface area contributed by atoms with Gasteiger partial charge in [-0.1, -0.05) is 13.8 Å². The molecule has 0 spiro atoms. The second-order valence-electron chi connectivity index (χ2n) is 4.02. The lowest BCUT2D eigenvalue weighted by Crippen LogP contribution is -2.35. The summed E-state index contributed by atoms with van der Waals surface area (Å²) in [6, 6.07) is 2.55. The Kier molecular flexibility index (Phi) is 5.49. The molecule has 0 saturated carbocycles. The van der Waals surface area contributed by atoms with Crippen molar-refractivity contribution in [3.63, 3.8) is 0 Å². The van der Waals surface area contributed by atoms with Crippen LogP contribution in [0.5, 0.6) is 0 Å². The summed E-state index contributed by atoms with van der Waals surface area (Å²) in [6.07, 6.45) is 1.95. The number of aromatic nitrogens is 2. The zero-order valence-corrected chi connectivity index (χ0v) is 10.8. The molecular weight excluding hydrogens is 202 g/mol. The monoisotopic (exact) mass is 225 g/mol. The highest BCUT2D eigenvalue weighted by Gasteiger charge is 2.11. The minimum absolute atomic E-state index is 0.370. The van der Waals surface area contributed by atoms with E-state index in [4.69, 9.17) is 4.74 Å². The number of nitrogens with one attached hydrogen (secondary N) is 1. The Morgan fingerprint density at radius 2 is 2.25 bits per heavy atom. The van der Waals surface area contributed by atoms with Crippen molar-refractivity contribution in [3.8, 4) is 0 Å². The molecule has 0 aromatic carbocycles. The molecule has 0 radical (unpaired) electrons. The molecule has 16 heavy (non-hydrogen) atoms. The fourth-order valence-electron chi connectivity index (χ4n) is 1.87. The summed E-state index contributed by atoms with van der Waals surface area (Å²) < 4.78 is 7.18. The Morgan fingerprint density at radius 3 is 2.75 bits per heavy atom. The highest BCUT2D eigenvalue weighted by Crippen LogP contribution is 2.07. The van der Waals surface area contributed by atoms with E-state index < -0.39 is 0 Å². The zero-order chi connectivity index (χ0) is 12.0. The Balaban J connectivity index is 2.64. The van der Waals surface area contributed by atoms with Gasteiger partial charge in [-0.2, -0.15) is 5.10 Å². The third-order valence-electron chi connectivity index (χ3n) is 2.71. The first-order valence-corrected chi connectivity index (χ1v) is 5.95. The van der Waals surface area contributed by atoms with Crippen molar-refractivity contribution in [2.24, 2.45) is 7.05 Å². The summed E-state index contributed by atoms with van der Waals surface area (Å²) in [5.74, 6) is 0. The van der Waals surface area contributed by atoms with E-state index in [9.17, 15) is 0 Å². The lowest BCUT2D eigenvalue weighted by atomic mass is 10.1. The molecular formula is C12H23N3O. The Bertz CT molecular complexity index is 303. The molecule has 0 aliphatic carbocycles. The topological polar surface area (TPSA) is 39.1 Å². The predicted molar refractivity (Wildman–Crippen MR) is 65.6 cm³/mol. The van der Waals surface area contributed by atoms with Crippen molar-refractivity contribution in [3.05, 3.63) is 17.5 Å². The lowest BCUT2D eigenvalue weighted by molar-refractivity contribution is 0.166. The SMILES string of the molecule is CCNC(COC)Cc1cc(CC)nn1C. The van der Waals surface area contributed by atoms with Gasteiger partial charge in [0, 0.05) is 32.3 Å². The predicted octanol–water partition coefficient (Wildman–Crippen LogP) is 1.15. The van der Waals surface area contributed by atoms with Crippen LogP contribution in [-0.2, 0) is 24.6 Å². The molecule has 0 saturated heterocycles. The molecule has 1 unspecified atom stereocenters. The molecule has 1 heterocycles. The van der Waals surface area contributed by atoms with Gasteiger partial charge in [-0.05, 0) is 19.0 Å². The van der Waals surface area contributed by atoms with E-state index in [0.717, 1.165) is 31.7 Å². The molecule has 0 aliphatic heterocycles. The zero-order valence-electron chi connectivity index (χ0n) is 10.8. The van der Waals surface area contributed by atoms with Crippen LogP contribution in [0.3, 0.4) is 0 Å². The fraction of sp³-hybridized carbons (Fsp3) is 0.750. The summed E-state index contributed by atoms with van der Waals surface area (Å²) in [6.45, 7) is 5.94. The second-order valence-corrected chi connectivity index (χ2v) is 4.02. The number of methoxy groups -OCH3 is 1. The molecule has 0 fully saturated rings. The maximum Gasteiger partial charge on any atom is 0.0624 e. The quantitative estimate of drug-likeness (QED) is 0.756. The Hall–Kier alpha value is -0.870. The average Bonchev–Trinajstić information content (AvgIpc) is 2.60. The summed E-state index contributed by atoms with van der Waals surface area (Å²) in [5.41, 5.74) is 2.42. The number of hydrogen-bond donors (Lipinski definition) is 1. The van der Waals surface area contributed by atoms with Crippen LogP contribution in [0.1, 0.15) is 25.2 Å². The molecule has 0 aliphatic rings. The molecule has 4 nitrogen and oxygen atoms in total. The van der Waals surface area contributed by atoms with E-state index in [1.165, 1.54) is 5.69 Å². The first-order valence-electron chi connectivity index (χ1n) is 5.95. The van der Waals surface area contributed by atoms with Crippen LogP contribution in [0.25, 0.3) is 0 Å². The van der Waals surface area contributed by atoms with Crippen molar-refractivity contribution >= 4 is 0 Å². The summed E-state index contributed by atoms with van der Waals surface area (Å²) in [4.78, 5) is 0. The van der Waals surface area contributed by atoms with Crippen molar-refractivity contribution in [2.75, 3.05) is 20.3 Å². The van der Waals surface area contributed by atoms with Gasteiger partial charge < -0.3 is 10.1 Å². The van der Waals surface area contributed by atoms with Crippen LogP contribution < -0.4 is 5.32 Å². The molecule has 92 valence electrons. The first kappa shape index (κ1) is 13.2. The third kappa shape index (κ3) is 3.61. The van der Waals surface area contributed by atoms with Crippen molar-refractivity contribution < 1.29 is 4.74 Å². The number of hydrogen-bond acceptors (Lipinski definition) is 3. The second kappa shape index (κ2) is 6.66. The minimum atomic E-state index is 0.370. The standard InChI is InChI=1S/C12H23N3O/c1-5-10-7-12(15(3)14-10)8-11(9-16-4)13-6-2/h7,11,13H,5-6,8-9H2,1-4H3. The van der Waals surface area contributed by atoms with Gasteiger partial charge in [0.05, 0.1) is 12.3 Å². The van der Waals surface area contributed by atoms with Gasteiger partial charge in [0.15, 0.2) is 0 Å². The minimum Gasteiger partial charge on any atom is -0.383 e. The van der Waals surface area contributed by atoms with Crippen LogP contribution in [0.15, 0.2) is 6.07 Å². The van der Waals surface area contributed by atoms with Crippen molar-refractivity contribution in [2.45, 2.75) is 32.7 Å². The molecule has 1 aromatic rings. The molecule has 4 heteroatoms. The first-order chi connectivity index (χ1) is 7.71. The van der Waals surface area contributed by atoms with E-state index in [1.807, 2.05) is 11.7 Å². The van der Waals surface area contributed by atoms with E-state index in [-0.39, 0.29) is 0 Å². The van der Waals surface area contributed by atoms with Gasteiger partial charge in [-0.3, -0.25) is 4.68 Å². The Labute approximate surface area is 98.0 Å². The van der Waals surface area contributed by atoms with Crippen molar-refractivity contribution in [1.29, 1.82) is 0 Å². The average molecular weight is 225 g/mol. The van der Waals surface area contributed by atoms with Gasteiger partial charge in [0.2, 0.25) is 0 Å². The molecule has 1 rings (SSSR count). The fourth-order valence-corrected chi connectivity index (χ4v) is 1.87. The number of aryl methyl sites for hydroxylation is 2. The van der Waals surface area contributed by atoms with Gasteiger partial charge in [0.1, 0.15) is 0 Å². The molecule has 1 N–H and O–H groups in total. The summed E-state index contributed by atoms with van der Waals surface area (Å²) in [7, 11) is 3.75. The van der Waals surface area contributed by atoms with Gasteiger partial charge in [-0.15, -0.1) is 0 Å². The number of ether oxygens (including phenoxy) is 1. The highest BCUT2D eigenvalue weighted by molar-refractivity contribution is 5.11. The molecule has 0 amide bonds. The van der Waals surface area contributed by atoms with E-state index in [1.54, 1.807) is 7.11 Å². The summed E-state index contributed by atoms with van der Waals surface area (Å²) in [5, 5.41) is 7.87. The largest absolute Gasteiger partial charge is 0.383 e. The molecule has 0 bridgehead atoms. The normalized spacial score (nSPS) is 13.0. The van der Waals surface area contributed by atoms with Crippen LogP contribution in [-0.4, -0.2) is 36.1 Å². The van der Waals surface area contributed by atoms with Crippen LogP contribution in [0, 0.1) is 0 Å². The van der Waals surface area contributed by atoms with Gasteiger partial charge in [-0.25, -0.2) is 0 Å². The van der Waals surface area contributed by atoms with E-state index in [2.05, 4.69) is 30.3 Å². The lowest BCUT2D eigenvalue weighted by Gasteiger charge is -2.16. The van der Waals surface area contributed by atoms with E-state index in [0.29, 0.717) is 6.04 Å². The maximum atomic E-state index is 5.21. The van der Waals surface area contributed by atoms with Gasteiger partial charge in [0.25, 0.3) is 0 Å². The van der Waals surface area contributed by atoms with E-state index >= 15 is 0 Å². The summed E-state index contributed by atoms with van der Waals surface area (Å²) >= 11 is 0. The van der Waals surface area contributed by atoms with Crippen molar-refractivity contribution in [1.82, 2.24) is 15.1 Å². The molecule has 1 atom stereocenters. The Morgan fingerprint density at radius 1 is 1.50 bits per heavy atom. The number of nitrogens with zero attached hydrogens (tertiary/aromatic N) is 2. The van der Waals surface area contributed by atoms with Crippen LogP contribution in [0.4, 0.5) is 0 Å². The maximum absolute atomic E-state index is 5.21. The molecule has 1 aromatic heterocycles.